The third-order valence-electron chi connectivity index (χ3n) is 5.66. The molecule has 2 aromatic rings. The van der Waals surface area contributed by atoms with Gasteiger partial charge in [-0.05, 0) is 63.4 Å². The van der Waals surface area contributed by atoms with E-state index >= 15 is 0 Å². The molecule has 164 valence electrons. The zero-order valence-electron chi connectivity index (χ0n) is 18.0. The lowest BCUT2D eigenvalue weighted by atomic mass is 9.74. The molecule has 30 heavy (non-hydrogen) atoms. The van der Waals surface area contributed by atoms with Gasteiger partial charge in [-0.3, -0.25) is 0 Å². The molecule has 1 aliphatic heterocycles. The van der Waals surface area contributed by atoms with Gasteiger partial charge in [0.15, 0.2) is 5.96 Å². The van der Waals surface area contributed by atoms with Crippen molar-refractivity contribution in [1.29, 1.82) is 0 Å². The smallest absolute Gasteiger partial charge is 0.191 e. The molecule has 0 saturated carbocycles. The average Bonchev–Trinajstić information content (AvgIpc) is 3.19. The number of halogens is 1. The lowest BCUT2D eigenvalue weighted by Crippen LogP contribution is -2.48. The first kappa shape index (κ1) is 22.3. The van der Waals surface area contributed by atoms with E-state index in [1.165, 1.54) is 12.1 Å². The maximum atomic E-state index is 13.4. The summed E-state index contributed by atoms with van der Waals surface area (Å²) in [4.78, 5) is 4.59. The van der Waals surface area contributed by atoms with E-state index in [2.05, 4.69) is 15.6 Å². The van der Waals surface area contributed by atoms with Gasteiger partial charge in [0.05, 0.1) is 6.54 Å². The molecule has 3 rings (SSSR count). The number of furan rings is 1. The highest BCUT2D eigenvalue weighted by molar-refractivity contribution is 5.80. The number of aliphatic imine (C=N–C) groups is 1. The fraction of sp³-hybridized carbons (Fsp3) is 0.522. The van der Waals surface area contributed by atoms with E-state index in [0.717, 1.165) is 24.2 Å². The van der Waals surface area contributed by atoms with Gasteiger partial charge in [-0.1, -0.05) is 12.1 Å². The second-order valence-corrected chi connectivity index (χ2v) is 8.13. The first-order valence-electron chi connectivity index (χ1n) is 10.5. The van der Waals surface area contributed by atoms with Gasteiger partial charge in [0, 0.05) is 31.7 Å². The Bertz CT molecular complexity index is 840. The van der Waals surface area contributed by atoms with Gasteiger partial charge in [-0.15, -0.1) is 0 Å². The van der Waals surface area contributed by atoms with Crippen LogP contribution in [-0.4, -0.2) is 43.9 Å². The van der Waals surface area contributed by atoms with Crippen LogP contribution in [0.1, 0.15) is 43.8 Å². The van der Waals surface area contributed by atoms with Gasteiger partial charge in [-0.2, -0.15) is 0 Å². The lowest BCUT2D eigenvalue weighted by molar-refractivity contribution is 0.0427. The summed E-state index contributed by atoms with van der Waals surface area (Å²) >= 11 is 0. The molecule has 3 N–H and O–H groups in total. The number of ether oxygens (including phenoxy) is 1. The van der Waals surface area contributed by atoms with Crippen LogP contribution in [0.5, 0.6) is 0 Å². The molecule has 2 heterocycles. The van der Waals surface area contributed by atoms with Crippen LogP contribution in [0.25, 0.3) is 0 Å². The van der Waals surface area contributed by atoms with Crippen molar-refractivity contribution < 1.29 is 18.7 Å². The number of benzene rings is 1. The number of hydrogen-bond donors (Lipinski definition) is 3. The number of hydrogen-bond acceptors (Lipinski definition) is 4. The summed E-state index contributed by atoms with van der Waals surface area (Å²) in [6.07, 6.45) is 1.68. The van der Waals surface area contributed by atoms with Gasteiger partial charge >= 0.3 is 0 Å². The second kappa shape index (κ2) is 9.62. The van der Waals surface area contributed by atoms with Gasteiger partial charge in [0.2, 0.25) is 0 Å². The van der Waals surface area contributed by atoms with Crippen LogP contribution in [0.2, 0.25) is 0 Å². The summed E-state index contributed by atoms with van der Waals surface area (Å²) in [6.45, 7) is 8.35. The molecule has 1 atom stereocenters. The minimum absolute atomic E-state index is 0.155. The monoisotopic (exact) mass is 417 g/mol. The van der Waals surface area contributed by atoms with Crippen molar-refractivity contribution in [2.24, 2.45) is 4.99 Å². The maximum absolute atomic E-state index is 13.4. The summed E-state index contributed by atoms with van der Waals surface area (Å²) in [5.41, 5.74) is -0.277. The van der Waals surface area contributed by atoms with Gasteiger partial charge in [-0.25, -0.2) is 9.38 Å². The van der Waals surface area contributed by atoms with E-state index in [1.807, 2.05) is 32.0 Å². The van der Waals surface area contributed by atoms with Crippen molar-refractivity contribution in [3.63, 3.8) is 0 Å². The quantitative estimate of drug-likeness (QED) is 0.476. The summed E-state index contributed by atoms with van der Waals surface area (Å²) < 4.78 is 24.6. The molecular weight excluding hydrogens is 385 g/mol. The number of aliphatic hydroxyl groups is 1. The third kappa shape index (κ3) is 5.40. The third-order valence-corrected chi connectivity index (χ3v) is 5.66. The molecule has 0 bridgehead atoms. The predicted molar refractivity (Wildman–Crippen MR) is 115 cm³/mol. The van der Waals surface area contributed by atoms with Crippen molar-refractivity contribution in [2.75, 3.05) is 32.8 Å². The number of nitrogens with zero attached hydrogens (tertiary/aromatic N) is 1. The zero-order chi connectivity index (χ0) is 21.6. The van der Waals surface area contributed by atoms with Gasteiger partial charge in [0.25, 0.3) is 0 Å². The summed E-state index contributed by atoms with van der Waals surface area (Å²) in [6, 6.07) is 10.3. The van der Waals surface area contributed by atoms with Crippen molar-refractivity contribution in [3.05, 3.63) is 59.3 Å². The molecule has 1 unspecified atom stereocenters. The van der Waals surface area contributed by atoms with Gasteiger partial charge < -0.3 is 24.9 Å². The first-order valence-corrected chi connectivity index (χ1v) is 10.5. The second-order valence-electron chi connectivity index (χ2n) is 8.13. The average molecular weight is 418 g/mol. The van der Waals surface area contributed by atoms with E-state index in [-0.39, 0.29) is 17.8 Å². The Labute approximate surface area is 177 Å². The first-order chi connectivity index (χ1) is 14.3. The highest BCUT2D eigenvalue weighted by Crippen LogP contribution is 2.34. The number of rotatable bonds is 7. The Hall–Kier alpha value is -2.38. The predicted octanol–water partition coefficient (Wildman–Crippen LogP) is 3.24. The molecule has 0 amide bonds. The van der Waals surface area contributed by atoms with Gasteiger partial charge in [0.1, 0.15) is 22.9 Å². The topological polar surface area (TPSA) is 79.0 Å². The minimum Gasteiger partial charge on any atom is -0.463 e. The molecule has 1 aliphatic rings. The van der Waals surface area contributed by atoms with Crippen molar-refractivity contribution in [2.45, 2.75) is 44.6 Å². The van der Waals surface area contributed by atoms with Crippen LogP contribution in [-0.2, 0) is 15.8 Å². The van der Waals surface area contributed by atoms with Crippen molar-refractivity contribution in [3.8, 4) is 0 Å². The van der Waals surface area contributed by atoms with Crippen molar-refractivity contribution >= 4 is 5.96 Å². The molecule has 0 spiro atoms. The van der Waals surface area contributed by atoms with Crippen molar-refractivity contribution in [1.82, 2.24) is 10.6 Å². The van der Waals surface area contributed by atoms with Crippen LogP contribution in [0, 0.1) is 12.7 Å². The fourth-order valence-corrected chi connectivity index (χ4v) is 3.76. The maximum Gasteiger partial charge on any atom is 0.191 e. The molecule has 1 fully saturated rings. The highest BCUT2D eigenvalue weighted by atomic mass is 19.1. The summed E-state index contributed by atoms with van der Waals surface area (Å²) in [7, 11) is 0. The van der Waals surface area contributed by atoms with E-state index in [4.69, 9.17) is 9.15 Å². The summed E-state index contributed by atoms with van der Waals surface area (Å²) in [5.74, 6) is 1.63. The van der Waals surface area contributed by atoms with Crippen LogP contribution in [0.3, 0.4) is 0 Å². The Morgan fingerprint density at radius 2 is 1.87 bits per heavy atom. The molecule has 1 aromatic heterocycles. The molecule has 6 nitrogen and oxygen atoms in total. The standard InChI is InChI=1S/C23H32FN3O3/c1-4-25-21(26-15-22(3,28)20-10-5-17(2)30-20)27-16-23(11-13-29-14-12-23)18-6-8-19(24)9-7-18/h5-10,28H,4,11-16H2,1-3H3,(H2,25,26,27). The molecular formula is C23H32FN3O3. The Balaban J connectivity index is 1.74. The minimum atomic E-state index is -1.20. The van der Waals surface area contributed by atoms with E-state index < -0.39 is 5.60 Å². The number of nitrogens with one attached hydrogen (secondary N) is 2. The number of guanidine groups is 1. The fourth-order valence-electron chi connectivity index (χ4n) is 3.76. The Morgan fingerprint density at radius 3 is 2.47 bits per heavy atom. The van der Waals surface area contributed by atoms with Crippen LogP contribution in [0.4, 0.5) is 4.39 Å². The molecule has 0 radical (unpaired) electrons. The number of aryl methyl sites for hydroxylation is 1. The van der Waals surface area contributed by atoms with Crippen LogP contribution >= 0.6 is 0 Å². The van der Waals surface area contributed by atoms with E-state index in [0.29, 0.717) is 38.0 Å². The lowest BCUT2D eigenvalue weighted by Gasteiger charge is -2.38. The largest absolute Gasteiger partial charge is 0.463 e. The molecule has 7 heteroatoms. The highest BCUT2D eigenvalue weighted by Gasteiger charge is 2.35. The Morgan fingerprint density at radius 1 is 1.17 bits per heavy atom. The summed E-state index contributed by atoms with van der Waals surface area (Å²) in [5, 5.41) is 17.4. The zero-order valence-corrected chi connectivity index (χ0v) is 18.0. The van der Waals surface area contributed by atoms with Crippen LogP contribution < -0.4 is 10.6 Å². The molecule has 1 saturated heterocycles. The van der Waals surface area contributed by atoms with E-state index in [9.17, 15) is 9.50 Å². The SMILES string of the molecule is CCNC(=NCC(C)(O)c1ccc(C)o1)NCC1(c2ccc(F)cc2)CCOCC1. The normalized spacial score (nSPS) is 18.6. The molecule has 1 aromatic carbocycles. The van der Waals surface area contributed by atoms with E-state index in [1.54, 1.807) is 13.0 Å². The van der Waals surface area contributed by atoms with Crippen LogP contribution in [0.15, 0.2) is 45.8 Å². The Kier molecular flexibility index (Phi) is 7.15. The molecule has 0 aliphatic carbocycles.